The predicted octanol–water partition coefficient (Wildman–Crippen LogP) is 25.1. The zero-order valence-electron chi connectivity index (χ0n) is 53.7. The van der Waals surface area contributed by atoms with E-state index in [0.717, 1.165) is 132 Å². The molecule has 2 nitrogen and oxygen atoms in total. The van der Waals surface area contributed by atoms with Gasteiger partial charge in [-0.2, -0.15) is 0 Å². The molecule has 3 rings (SSSR count). The summed E-state index contributed by atoms with van der Waals surface area (Å²) in [6.07, 6.45) is 62.4. The molecule has 0 saturated heterocycles. The number of aryl methyl sites for hydroxylation is 4. The van der Waals surface area contributed by atoms with E-state index in [1.54, 1.807) is 4.70 Å². The summed E-state index contributed by atoms with van der Waals surface area (Å²) in [5.41, 5.74) is 24.8. The van der Waals surface area contributed by atoms with E-state index in [0.29, 0.717) is 0 Å². The van der Waals surface area contributed by atoms with Crippen molar-refractivity contribution in [2.24, 2.45) is 0 Å². The molecule has 1 aliphatic rings. The first kappa shape index (κ1) is 70.5. The smallest absolute Gasteiger partial charge is 0.223 e. The molecule has 80 heavy (non-hydrogen) atoms. The fourth-order valence-electron chi connectivity index (χ4n) is 11.8. The van der Waals surface area contributed by atoms with Crippen LogP contribution in [0.25, 0.3) is 16.9 Å². The van der Waals surface area contributed by atoms with Crippen molar-refractivity contribution < 1.29 is 4.70 Å². The molecule has 446 valence electrons. The molecule has 0 amide bonds. The van der Waals surface area contributed by atoms with Gasteiger partial charge in [0, 0.05) is 43.2 Å². The van der Waals surface area contributed by atoms with E-state index in [4.69, 9.17) is 0 Å². The molecular formula is C78H124N2. The van der Waals surface area contributed by atoms with Gasteiger partial charge in [0.2, 0.25) is 11.4 Å². The molecule has 0 saturated carbocycles. The molecule has 2 heteroatoms. The molecule has 0 aliphatic carbocycles. The second-order valence-corrected chi connectivity index (χ2v) is 24.4. The second-order valence-electron chi connectivity index (χ2n) is 24.4. The predicted molar refractivity (Wildman–Crippen MR) is 355 cm³/mol. The molecule has 1 heterocycles. The molecule has 0 fully saturated rings. The maximum Gasteiger partial charge on any atom is 0.223 e. The molecule has 0 spiro atoms. The van der Waals surface area contributed by atoms with Crippen LogP contribution in [0.1, 0.15) is 370 Å². The Labute approximate surface area is 498 Å². The number of nitrogens with zero attached hydrogens (tertiary/aromatic N) is 2. The SMILES string of the molecule is CCCCC#CC1=C(c2cc(CCCC)ccc2CCC#CCCCCCCCCCCCCCCCCC)[N+](=[N-])C(c2cc(CCCC)ccc2CCC#CCCCCCCCCCCCCCCCCC)=C1CCCCCC. The molecule has 0 radical (unpaired) electrons. The highest BCUT2D eigenvalue weighted by atomic mass is 15.2. The first-order valence-electron chi connectivity index (χ1n) is 35.2. The van der Waals surface area contributed by atoms with Gasteiger partial charge in [0.25, 0.3) is 0 Å². The first-order valence-corrected chi connectivity index (χ1v) is 35.2. The van der Waals surface area contributed by atoms with Gasteiger partial charge in [-0.25, -0.2) is 4.70 Å². The van der Waals surface area contributed by atoms with Crippen LogP contribution in [-0.4, -0.2) is 4.70 Å². The minimum Gasteiger partial charge on any atom is -0.493 e. The maximum atomic E-state index is 13.1. The topological polar surface area (TPSA) is 25.3 Å². The molecule has 1 aliphatic heterocycles. The molecule has 2 aromatic carbocycles. The average molecular weight is 1090 g/mol. The van der Waals surface area contributed by atoms with E-state index >= 15 is 0 Å². The van der Waals surface area contributed by atoms with E-state index in [-0.39, 0.29) is 0 Å². The highest BCUT2D eigenvalue weighted by Gasteiger charge is 2.37. The Morgan fingerprint density at radius 1 is 0.300 bits per heavy atom. The van der Waals surface area contributed by atoms with Crippen molar-refractivity contribution >= 4 is 11.4 Å². The summed E-state index contributed by atoms with van der Waals surface area (Å²) in [5, 5.41) is 0. The minimum atomic E-state index is 0.824. The van der Waals surface area contributed by atoms with E-state index in [9.17, 15) is 5.53 Å². The number of hydrogen-bond acceptors (Lipinski definition) is 0. The van der Waals surface area contributed by atoms with Gasteiger partial charge in [-0.15, -0.1) is 23.7 Å². The van der Waals surface area contributed by atoms with Crippen LogP contribution in [0.5, 0.6) is 0 Å². The van der Waals surface area contributed by atoms with E-state index in [2.05, 4.69) is 113 Å². The van der Waals surface area contributed by atoms with Crippen molar-refractivity contribution in [3.63, 3.8) is 0 Å². The Morgan fingerprint density at radius 3 is 1.01 bits per heavy atom. The van der Waals surface area contributed by atoms with Crippen LogP contribution in [0.15, 0.2) is 47.5 Å². The van der Waals surface area contributed by atoms with Crippen LogP contribution in [0.3, 0.4) is 0 Å². The number of unbranched alkanes of at least 4 members (excludes halogenated alkanes) is 37. The second kappa shape index (κ2) is 49.8. The number of hydrogen-bond donors (Lipinski definition) is 0. The van der Waals surface area contributed by atoms with Crippen LogP contribution in [0.2, 0.25) is 0 Å². The average Bonchev–Trinajstić information content (AvgIpc) is 3.77. The number of benzene rings is 2. The van der Waals surface area contributed by atoms with Gasteiger partial charge in [-0.05, 0) is 105 Å². The Morgan fingerprint density at radius 2 is 0.625 bits per heavy atom. The van der Waals surface area contributed by atoms with Gasteiger partial charge in [0.1, 0.15) is 5.57 Å². The van der Waals surface area contributed by atoms with Crippen LogP contribution in [0.4, 0.5) is 0 Å². The molecule has 0 N–H and O–H groups in total. The van der Waals surface area contributed by atoms with Gasteiger partial charge in [0.15, 0.2) is 0 Å². The van der Waals surface area contributed by atoms with Crippen molar-refractivity contribution in [3.8, 4) is 35.5 Å². The maximum absolute atomic E-state index is 13.1. The Bertz CT molecular complexity index is 2160. The third-order valence-electron chi connectivity index (χ3n) is 17.0. The molecule has 0 unspecified atom stereocenters. The van der Waals surface area contributed by atoms with Gasteiger partial charge < -0.3 is 5.53 Å². The monoisotopic (exact) mass is 1090 g/mol. The summed E-state index contributed by atoms with van der Waals surface area (Å²) in [6.45, 7) is 13.7. The summed E-state index contributed by atoms with van der Waals surface area (Å²) in [4.78, 5) is 0. The lowest BCUT2D eigenvalue weighted by Crippen LogP contribution is -2.08. The standard InChI is InChI=1S/C78H124N2/c1-7-13-19-23-25-27-29-31-33-35-37-39-41-43-45-47-49-51-53-59-71-65-63-69(57-17-11-5)67-75(71)77-73(61-55-21-15-9-3)74(62-56-22-16-10-4)78(80(77)79)76-68-70(58-18-12-6)64-66-72(76)60-54-52-50-48-46-44-42-40-38-36-34-32-30-28-26-24-20-14-8-2/h63-68H,7-48,53-55,57-61H2,1-6H3. The molecule has 0 aromatic heterocycles. The Kier molecular flexibility index (Phi) is 43.8. The number of rotatable bonds is 49. The summed E-state index contributed by atoms with van der Waals surface area (Å²) in [7, 11) is 0. The van der Waals surface area contributed by atoms with Crippen molar-refractivity contribution in [2.75, 3.05) is 0 Å². The van der Waals surface area contributed by atoms with E-state index in [1.165, 1.54) is 245 Å². The van der Waals surface area contributed by atoms with Crippen LogP contribution in [-0.2, 0) is 25.7 Å². The summed E-state index contributed by atoms with van der Waals surface area (Å²) in [6, 6.07) is 14.3. The lowest BCUT2D eigenvalue weighted by Gasteiger charge is -2.16. The van der Waals surface area contributed by atoms with Crippen molar-refractivity contribution in [1.29, 1.82) is 0 Å². The van der Waals surface area contributed by atoms with Gasteiger partial charge >= 0.3 is 0 Å². The fraction of sp³-hybridized carbons (Fsp3) is 0.718. The first-order chi connectivity index (χ1) is 39.5. The lowest BCUT2D eigenvalue weighted by atomic mass is 9.90. The Hall–Kier alpha value is -3.80. The van der Waals surface area contributed by atoms with Gasteiger partial charge in [-0.1, -0.05) is 296 Å². The minimum absolute atomic E-state index is 0.824. The van der Waals surface area contributed by atoms with Crippen molar-refractivity contribution in [2.45, 2.75) is 363 Å². The third-order valence-corrected chi connectivity index (χ3v) is 17.0. The number of allylic oxidation sites excluding steroid dienone is 2. The van der Waals surface area contributed by atoms with E-state index < -0.39 is 0 Å². The van der Waals surface area contributed by atoms with Gasteiger partial charge in [0.05, 0.1) is 5.56 Å². The van der Waals surface area contributed by atoms with Crippen LogP contribution < -0.4 is 0 Å². The highest BCUT2D eigenvalue weighted by molar-refractivity contribution is 5.87. The summed E-state index contributed by atoms with van der Waals surface area (Å²) >= 11 is 0. The molecule has 0 atom stereocenters. The molecular weight excluding hydrogens is 965 g/mol. The van der Waals surface area contributed by atoms with Crippen LogP contribution >= 0.6 is 0 Å². The zero-order valence-corrected chi connectivity index (χ0v) is 53.7. The Balaban J connectivity index is 1.77. The summed E-state index contributed by atoms with van der Waals surface area (Å²) in [5.74, 6) is 21.8. The van der Waals surface area contributed by atoms with E-state index in [1.807, 2.05) is 0 Å². The van der Waals surface area contributed by atoms with Crippen molar-refractivity contribution in [1.82, 2.24) is 0 Å². The fourth-order valence-corrected chi connectivity index (χ4v) is 11.8. The zero-order chi connectivity index (χ0) is 57.2. The highest BCUT2D eigenvalue weighted by Crippen LogP contribution is 2.45. The molecule has 0 bridgehead atoms. The van der Waals surface area contributed by atoms with Crippen molar-refractivity contribution in [3.05, 3.63) is 86.5 Å². The normalized spacial score (nSPS) is 12.2. The molecule has 2 aromatic rings. The third kappa shape index (κ3) is 31.6. The lowest BCUT2D eigenvalue weighted by molar-refractivity contribution is -0.345. The largest absolute Gasteiger partial charge is 0.493 e. The van der Waals surface area contributed by atoms with Gasteiger partial charge in [-0.3, -0.25) is 0 Å². The van der Waals surface area contributed by atoms with Crippen LogP contribution in [0, 0.1) is 35.5 Å². The summed E-state index contributed by atoms with van der Waals surface area (Å²) < 4.78 is 1.62. The quantitative estimate of drug-likeness (QED) is 0.0358.